The summed E-state index contributed by atoms with van der Waals surface area (Å²) in [5, 5.41) is 0. The van der Waals surface area contributed by atoms with Gasteiger partial charge in [-0.3, -0.25) is 9.69 Å². The fourth-order valence-corrected chi connectivity index (χ4v) is 3.22. The van der Waals surface area contributed by atoms with Crippen molar-refractivity contribution in [3.8, 4) is 0 Å². The number of hydrogen-bond acceptors (Lipinski definition) is 3. The predicted molar refractivity (Wildman–Crippen MR) is 91.0 cm³/mol. The first-order chi connectivity index (χ1) is 10.5. The summed E-state index contributed by atoms with van der Waals surface area (Å²) in [6.45, 7) is 13.7. The van der Waals surface area contributed by atoms with Crippen LogP contribution in [0.3, 0.4) is 0 Å². The number of nitrogens with zero attached hydrogens (tertiary/aromatic N) is 1. The highest BCUT2D eigenvalue weighted by Gasteiger charge is 2.17. The highest BCUT2D eigenvalue weighted by molar-refractivity contribution is 5.76. The summed E-state index contributed by atoms with van der Waals surface area (Å²) >= 11 is 0. The standard InChI is InChI=1S/C19H29NO2/c1-14(2)18-11-16(13-21)12-19(15(3)4)17(18)5-6-20-7-9-22-10-8-20/h11-15H,5-10H2,1-4H3. The van der Waals surface area contributed by atoms with Crippen LogP contribution in [-0.4, -0.2) is 44.0 Å². The Balaban J connectivity index is 2.27. The maximum atomic E-state index is 11.3. The van der Waals surface area contributed by atoms with E-state index in [0.29, 0.717) is 11.8 Å². The van der Waals surface area contributed by atoms with E-state index in [-0.39, 0.29) is 0 Å². The zero-order chi connectivity index (χ0) is 16.1. The van der Waals surface area contributed by atoms with Crippen LogP contribution < -0.4 is 0 Å². The Labute approximate surface area is 134 Å². The molecule has 1 aliphatic rings. The van der Waals surface area contributed by atoms with Crippen molar-refractivity contribution in [1.29, 1.82) is 0 Å². The largest absolute Gasteiger partial charge is 0.379 e. The maximum Gasteiger partial charge on any atom is 0.150 e. The molecule has 0 aliphatic carbocycles. The molecule has 1 saturated heterocycles. The maximum absolute atomic E-state index is 11.3. The van der Waals surface area contributed by atoms with Crippen LogP contribution >= 0.6 is 0 Å². The number of carbonyl (C=O) groups is 1. The third-order valence-electron chi connectivity index (χ3n) is 4.50. The van der Waals surface area contributed by atoms with Gasteiger partial charge in [-0.2, -0.15) is 0 Å². The molecule has 3 heteroatoms. The van der Waals surface area contributed by atoms with Gasteiger partial charge < -0.3 is 4.74 Å². The fraction of sp³-hybridized carbons (Fsp3) is 0.632. The van der Waals surface area contributed by atoms with E-state index in [4.69, 9.17) is 4.74 Å². The Hall–Kier alpha value is -1.19. The van der Waals surface area contributed by atoms with Gasteiger partial charge in [0.1, 0.15) is 6.29 Å². The molecule has 0 spiro atoms. The lowest BCUT2D eigenvalue weighted by atomic mass is 9.85. The van der Waals surface area contributed by atoms with Crippen molar-refractivity contribution in [2.45, 2.75) is 46.0 Å². The second kappa shape index (κ2) is 7.89. The molecule has 122 valence electrons. The van der Waals surface area contributed by atoms with Gasteiger partial charge in [0, 0.05) is 25.2 Å². The van der Waals surface area contributed by atoms with Crippen LogP contribution in [0.4, 0.5) is 0 Å². The van der Waals surface area contributed by atoms with Gasteiger partial charge in [-0.05, 0) is 47.1 Å². The Morgan fingerprint density at radius 3 is 2.09 bits per heavy atom. The van der Waals surface area contributed by atoms with Gasteiger partial charge in [-0.25, -0.2) is 0 Å². The van der Waals surface area contributed by atoms with E-state index in [0.717, 1.165) is 51.1 Å². The van der Waals surface area contributed by atoms with E-state index >= 15 is 0 Å². The molecule has 0 saturated carbocycles. The minimum atomic E-state index is 0.442. The molecule has 1 aliphatic heterocycles. The van der Waals surface area contributed by atoms with Crippen molar-refractivity contribution >= 4 is 6.29 Å². The van der Waals surface area contributed by atoms with Crippen molar-refractivity contribution in [3.63, 3.8) is 0 Å². The van der Waals surface area contributed by atoms with E-state index in [1.807, 2.05) is 0 Å². The predicted octanol–water partition coefficient (Wildman–Crippen LogP) is 3.62. The highest BCUT2D eigenvalue weighted by atomic mass is 16.5. The van der Waals surface area contributed by atoms with Crippen molar-refractivity contribution in [1.82, 2.24) is 4.90 Å². The molecule has 0 radical (unpaired) electrons. The number of ether oxygens (including phenoxy) is 1. The average Bonchev–Trinajstić information content (AvgIpc) is 2.52. The van der Waals surface area contributed by atoms with Crippen molar-refractivity contribution in [2.75, 3.05) is 32.8 Å². The van der Waals surface area contributed by atoms with Crippen LogP contribution in [-0.2, 0) is 11.2 Å². The Bertz CT molecular complexity index is 473. The molecule has 1 aromatic rings. The molecule has 0 unspecified atom stereocenters. The molecular formula is C19H29NO2. The molecule has 0 amide bonds. The Kier molecular flexibility index (Phi) is 6.16. The second-order valence-corrected chi connectivity index (χ2v) is 6.81. The zero-order valence-corrected chi connectivity index (χ0v) is 14.4. The van der Waals surface area contributed by atoms with Crippen LogP contribution in [0.2, 0.25) is 0 Å². The summed E-state index contributed by atoms with van der Waals surface area (Å²) in [4.78, 5) is 13.7. The quantitative estimate of drug-likeness (QED) is 0.752. The van der Waals surface area contributed by atoms with Gasteiger partial charge in [-0.15, -0.1) is 0 Å². The van der Waals surface area contributed by atoms with E-state index in [9.17, 15) is 4.79 Å². The van der Waals surface area contributed by atoms with Gasteiger partial charge in [0.2, 0.25) is 0 Å². The molecule has 0 atom stereocenters. The molecule has 2 rings (SSSR count). The van der Waals surface area contributed by atoms with Crippen molar-refractivity contribution in [3.05, 3.63) is 34.4 Å². The lowest BCUT2D eigenvalue weighted by Crippen LogP contribution is -2.37. The zero-order valence-electron chi connectivity index (χ0n) is 14.4. The van der Waals surface area contributed by atoms with Crippen molar-refractivity contribution in [2.24, 2.45) is 0 Å². The summed E-state index contributed by atoms with van der Waals surface area (Å²) in [6, 6.07) is 4.16. The summed E-state index contributed by atoms with van der Waals surface area (Å²) in [5.41, 5.74) is 4.92. The lowest BCUT2D eigenvalue weighted by molar-refractivity contribution is 0.0384. The molecule has 1 heterocycles. The Morgan fingerprint density at radius 1 is 1.09 bits per heavy atom. The summed E-state index contributed by atoms with van der Waals surface area (Å²) in [6.07, 6.45) is 2.03. The summed E-state index contributed by atoms with van der Waals surface area (Å²) < 4.78 is 5.43. The molecule has 1 aromatic carbocycles. The van der Waals surface area contributed by atoms with Crippen LogP contribution in [0, 0.1) is 0 Å². The van der Waals surface area contributed by atoms with Crippen LogP contribution in [0.15, 0.2) is 12.1 Å². The number of rotatable bonds is 6. The van der Waals surface area contributed by atoms with Crippen LogP contribution in [0.25, 0.3) is 0 Å². The van der Waals surface area contributed by atoms with E-state index in [1.165, 1.54) is 16.7 Å². The normalized spacial score (nSPS) is 16.5. The van der Waals surface area contributed by atoms with Crippen LogP contribution in [0.5, 0.6) is 0 Å². The smallest absolute Gasteiger partial charge is 0.150 e. The van der Waals surface area contributed by atoms with Gasteiger partial charge in [0.05, 0.1) is 13.2 Å². The molecule has 0 N–H and O–H groups in total. The topological polar surface area (TPSA) is 29.5 Å². The number of hydrogen-bond donors (Lipinski definition) is 0. The minimum absolute atomic E-state index is 0.442. The number of morpholine rings is 1. The van der Waals surface area contributed by atoms with E-state index in [1.54, 1.807) is 0 Å². The van der Waals surface area contributed by atoms with Crippen molar-refractivity contribution < 1.29 is 9.53 Å². The molecular weight excluding hydrogens is 274 g/mol. The third kappa shape index (κ3) is 4.17. The first-order valence-corrected chi connectivity index (χ1v) is 8.45. The summed E-state index contributed by atoms with van der Waals surface area (Å²) in [5.74, 6) is 0.883. The monoisotopic (exact) mass is 303 g/mol. The van der Waals surface area contributed by atoms with E-state index in [2.05, 4.69) is 44.7 Å². The van der Waals surface area contributed by atoms with Gasteiger partial charge in [0.25, 0.3) is 0 Å². The second-order valence-electron chi connectivity index (χ2n) is 6.81. The fourth-order valence-electron chi connectivity index (χ4n) is 3.22. The molecule has 1 fully saturated rings. The average molecular weight is 303 g/mol. The summed E-state index contributed by atoms with van der Waals surface area (Å²) in [7, 11) is 0. The molecule has 3 nitrogen and oxygen atoms in total. The van der Waals surface area contributed by atoms with E-state index < -0.39 is 0 Å². The molecule has 0 aromatic heterocycles. The third-order valence-corrected chi connectivity index (χ3v) is 4.50. The Morgan fingerprint density at radius 2 is 1.64 bits per heavy atom. The molecule has 0 bridgehead atoms. The highest BCUT2D eigenvalue weighted by Crippen LogP contribution is 2.29. The number of aldehydes is 1. The number of carbonyl (C=O) groups excluding carboxylic acids is 1. The SMILES string of the molecule is CC(C)c1cc(C=O)cc(C(C)C)c1CCN1CCOCC1. The number of benzene rings is 1. The first kappa shape index (κ1) is 17.2. The first-order valence-electron chi connectivity index (χ1n) is 8.45. The van der Waals surface area contributed by atoms with Gasteiger partial charge >= 0.3 is 0 Å². The minimum Gasteiger partial charge on any atom is -0.379 e. The van der Waals surface area contributed by atoms with Crippen LogP contribution in [0.1, 0.15) is 66.6 Å². The van der Waals surface area contributed by atoms with Gasteiger partial charge in [0.15, 0.2) is 0 Å². The lowest BCUT2D eigenvalue weighted by Gasteiger charge is -2.28. The molecule has 22 heavy (non-hydrogen) atoms. The van der Waals surface area contributed by atoms with Gasteiger partial charge in [-0.1, -0.05) is 27.7 Å².